The highest BCUT2D eigenvalue weighted by Crippen LogP contribution is 2.21. The molecule has 0 unspecified atom stereocenters. The molecule has 1 saturated heterocycles. The summed E-state index contributed by atoms with van der Waals surface area (Å²) in [4.78, 5) is 25.6. The number of nitrogens with zero attached hydrogens (tertiary/aromatic N) is 1. The number of amides is 2. The van der Waals surface area contributed by atoms with Gasteiger partial charge in [0.1, 0.15) is 17.5 Å². The Labute approximate surface area is 149 Å². The van der Waals surface area contributed by atoms with Crippen LogP contribution >= 0.6 is 0 Å². The molecule has 1 aromatic rings. The standard InChI is InChI=1S/C19H28N2O4/c1-5-11-20-17(22)14-6-8-15(9-7-14)24-16-10-12-21(13-16)18(23)25-19(2,3)4/h6-9,16H,5,10-13H2,1-4H3,(H,20,22)/t16-/m1/s1. The van der Waals surface area contributed by atoms with Crippen LogP contribution in [0.15, 0.2) is 24.3 Å². The molecule has 0 saturated carbocycles. The van der Waals surface area contributed by atoms with Gasteiger partial charge in [0.25, 0.3) is 5.91 Å². The normalized spacial score (nSPS) is 17.3. The molecule has 0 spiro atoms. The van der Waals surface area contributed by atoms with E-state index in [9.17, 15) is 9.59 Å². The first-order valence-electron chi connectivity index (χ1n) is 8.81. The maximum atomic E-state index is 12.1. The summed E-state index contributed by atoms with van der Waals surface area (Å²) >= 11 is 0. The SMILES string of the molecule is CCCNC(=O)c1ccc(O[C@@H]2CCN(C(=O)OC(C)(C)C)C2)cc1. The number of rotatable bonds is 5. The Bertz CT molecular complexity index is 592. The van der Waals surface area contributed by atoms with Crippen molar-refractivity contribution in [2.24, 2.45) is 0 Å². The van der Waals surface area contributed by atoms with E-state index in [1.54, 1.807) is 29.2 Å². The summed E-state index contributed by atoms with van der Waals surface area (Å²) in [5, 5.41) is 2.84. The predicted octanol–water partition coefficient (Wildman–Crippen LogP) is 3.21. The first kappa shape index (κ1) is 19.1. The van der Waals surface area contributed by atoms with Crippen molar-refractivity contribution < 1.29 is 19.1 Å². The van der Waals surface area contributed by atoms with Crippen molar-refractivity contribution in [1.29, 1.82) is 0 Å². The van der Waals surface area contributed by atoms with E-state index in [4.69, 9.17) is 9.47 Å². The number of nitrogens with one attached hydrogen (secondary N) is 1. The van der Waals surface area contributed by atoms with Gasteiger partial charge in [0.15, 0.2) is 0 Å². The van der Waals surface area contributed by atoms with Crippen LogP contribution in [0, 0.1) is 0 Å². The fourth-order valence-corrected chi connectivity index (χ4v) is 2.53. The van der Waals surface area contributed by atoms with Crippen molar-refractivity contribution >= 4 is 12.0 Å². The first-order chi connectivity index (χ1) is 11.8. The molecule has 138 valence electrons. The van der Waals surface area contributed by atoms with Gasteiger partial charge >= 0.3 is 6.09 Å². The Kier molecular flexibility index (Phi) is 6.28. The molecule has 1 aliphatic heterocycles. The van der Waals surface area contributed by atoms with Gasteiger partial charge in [-0.05, 0) is 51.5 Å². The molecule has 1 heterocycles. The average molecular weight is 348 g/mol. The van der Waals surface area contributed by atoms with Gasteiger partial charge in [0, 0.05) is 25.1 Å². The molecule has 2 rings (SSSR count). The average Bonchev–Trinajstić information content (AvgIpc) is 3.00. The summed E-state index contributed by atoms with van der Waals surface area (Å²) in [6.07, 6.45) is 1.30. The van der Waals surface area contributed by atoms with Crippen molar-refractivity contribution in [2.45, 2.75) is 52.2 Å². The van der Waals surface area contributed by atoms with E-state index >= 15 is 0 Å². The molecular formula is C19H28N2O4. The van der Waals surface area contributed by atoms with Gasteiger partial charge in [-0.1, -0.05) is 6.92 Å². The second-order valence-corrected chi connectivity index (χ2v) is 7.24. The summed E-state index contributed by atoms with van der Waals surface area (Å²) in [5.41, 5.74) is 0.118. The Morgan fingerprint density at radius 1 is 1.24 bits per heavy atom. The van der Waals surface area contributed by atoms with Crippen LogP contribution < -0.4 is 10.1 Å². The Balaban J connectivity index is 1.85. The van der Waals surface area contributed by atoms with Gasteiger partial charge in [-0.15, -0.1) is 0 Å². The smallest absolute Gasteiger partial charge is 0.410 e. The molecule has 1 atom stereocenters. The monoisotopic (exact) mass is 348 g/mol. The maximum Gasteiger partial charge on any atom is 0.410 e. The third kappa shape index (κ3) is 5.96. The molecule has 0 radical (unpaired) electrons. The molecule has 0 aromatic heterocycles. The Morgan fingerprint density at radius 3 is 2.52 bits per heavy atom. The van der Waals surface area contributed by atoms with Crippen LogP contribution in [0.3, 0.4) is 0 Å². The molecule has 1 aliphatic rings. The van der Waals surface area contributed by atoms with E-state index in [1.165, 1.54) is 0 Å². The molecule has 2 amide bonds. The van der Waals surface area contributed by atoms with Crippen LogP contribution in [0.25, 0.3) is 0 Å². The van der Waals surface area contributed by atoms with E-state index in [2.05, 4.69) is 5.32 Å². The summed E-state index contributed by atoms with van der Waals surface area (Å²) in [5.74, 6) is 0.619. The van der Waals surface area contributed by atoms with Crippen LogP contribution in [0.2, 0.25) is 0 Å². The molecule has 6 heteroatoms. The van der Waals surface area contributed by atoms with Crippen LogP contribution in [0.4, 0.5) is 4.79 Å². The molecule has 1 aromatic carbocycles. The third-order valence-corrected chi connectivity index (χ3v) is 3.75. The van der Waals surface area contributed by atoms with Crippen molar-refractivity contribution in [3.63, 3.8) is 0 Å². The van der Waals surface area contributed by atoms with Crippen LogP contribution in [-0.2, 0) is 4.74 Å². The van der Waals surface area contributed by atoms with E-state index in [-0.39, 0.29) is 18.1 Å². The highest BCUT2D eigenvalue weighted by molar-refractivity contribution is 5.94. The molecule has 0 bridgehead atoms. The van der Waals surface area contributed by atoms with Gasteiger partial charge in [-0.25, -0.2) is 4.79 Å². The largest absolute Gasteiger partial charge is 0.489 e. The van der Waals surface area contributed by atoms with Crippen molar-refractivity contribution in [2.75, 3.05) is 19.6 Å². The zero-order valence-electron chi connectivity index (χ0n) is 15.5. The lowest BCUT2D eigenvalue weighted by Gasteiger charge is -2.24. The Hall–Kier alpha value is -2.24. The molecule has 0 aliphatic carbocycles. The lowest BCUT2D eigenvalue weighted by atomic mass is 10.2. The number of carbonyl (C=O) groups is 2. The van der Waals surface area contributed by atoms with Crippen molar-refractivity contribution in [3.8, 4) is 5.75 Å². The zero-order chi connectivity index (χ0) is 18.4. The minimum absolute atomic E-state index is 0.0627. The number of carbonyl (C=O) groups excluding carboxylic acids is 2. The van der Waals surface area contributed by atoms with Crippen LogP contribution in [-0.4, -0.2) is 48.2 Å². The minimum atomic E-state index is -0.496. The zero-order valence-corrected chi connectivity index (χ0v) is 15.5. The summed E-state index contributed by atoms with van der Waals surface area (Å²) in [7, 11) is 0. The van der Waals surface area contributed by atoms with Crippen LogP contribution in [0.5, 0.6) is 5.75 Å². The first-order valence-corrected chi connectivity index (χ1v) is 8.81. The van der Waals surface area contributed by atoms with E-state index in [0.717, 1.165) is 12.8 Å². The highest BCUT2D eigenvalue weighted by Gasteiger charge is 2.30. The Morgan fingerprint density at radius 2 is 1.92 bits per heavy atom. The van der Waals surface area contributed by atoms with Crippen molar-refractivity contribution in [3.05, 3.63) is 29.8 Å². The number of benzene rings is 1. The lowest BCUT2D eigenvalue weighted by Crippen LogP contribution is -2.36. The van der Waals surface area contributed by atoms with Crippen molar-refractivity contribution in [1.82, 2.24) is 10.2 Å². The fourth-order valence-electron chi connectivity index (χ4n) is 2.53. The minimum Gasteiger partial charge on any atom is -0.489 e. The van der Waals surface area contributed by atoms with Gasteiger partial charge in [-0.3, -0.25) is 4.79 Å². The molecule has 1 fully saturated rings. The van der Waals surface area contributed by atoms with Crippen LogP contribution in [0.1, 0.15) is 50.9 Å². The molecule has 6 nitrogen and oxygen atoms in total. The molecule has 25 heavy (non-hydrogen) atoms. The fraction of sp³-hybridized carbons (Fsp3) is 0.579. The van der Waals surface area contributed by atoms with Gasteiger partial charge in [0.2, 0.25) is 0 Å². The second kappa shape index (κ2) is 8.23. The quantitative estimate of drug-likeness (QED) is 0.887. The highest BCUT2D eigenvalue weighted by atomic mass is 16.6. The number of likely N-dealkylation sites (tertiary alicyclic amines) is 1. The number of hydrogen-bond acceptors (Lipinski definition) is 4. The van der Waals surface area contributed by atoms with Gasteiger partial charge in [-0.2, -0.15) is 0 Å². The lowest BCUT2D eigenvalue weighted by molar-refractivity contribution is 0.0275. The maximum absolute atomic E-state index is 12.1. The number of hydrogen-bond donors (Lipinski definition) is 1. The summed E-state index contributed by atoms with van der Waals surface area (Å²) in [6, 6.07) is 7.08. The number of ether oxygens (including phenoxy) is 2. The second-order valence-electron chi connectivity index (χ2n) is 7.24. The van der Waals surface area contributed by atoms with Gasteiger partial charge in [0.05, 0.1) is 6.54 Å². The topological polar surface area (TPSA) is 67.9 Å². The molecule has 1 N–H and O–H groups in total. The van der Waals surface area contributed by atoms with E-state index in [0.29, 0.717) is 30.9 Å². The van der Waals surface area contributed by atoms with Gasteiger partial charge < -0.3 is 19.7 Å². The predicted molar refractivity (Wildman–Crippen MR) is 95.9 cm³/mol. The van der Waals surface area contributed by atoms with E-state index < -0.39 is 5.60 Å². The van der Waals surface area contributed by atoms with E-state index in [1.807, 2.05) is 27.7 Å². The third-order valence-electron chi connectivity index (χ3n) is 3.75. The molecular weight excluding hydrogens is 320 g/mol. The summed E-state index contributed by atoms with van der Waals surface area (Å²) in [6.45, 7) is 9.37. The summed E-state index contributed by atoms with van der Waals surface area (Å²) < 4.78 is 11.3.